The molecule has 0 spiro atoms. The van der Waals surface area contributed by atoms with Gasteiger partial charge in [-0.05, 0) is 24.6 Å². The summed E-state index contributed by atoms with van der Waals surface area (Å²) in [7, 11) is 1.69. The maximum atomic E-state index is 13.7. The second-order valence-corrected chi connectivity index (χ2v) is 6.45. The second kappa shape index (κ2) is 8.46. The Labute approximate surface area is 145 Å². The van der Waals surface area contributed by atoms with E-state index in [1.807, 2.05) is 10.6 Å². The monoisotopic (exact) mass is 352 g/mol. The number of hydrogen-bond donors (Lipinski definition) is 0. The fourth-order valence-corrected chi connectivity index (χ4v) is 3.39. The number of benzene rings is 1. The summed E-state index contributed by atoms with van der Waals surface area (Å²) in [6.07, 6.45) is 0.921. The van der Waals surface area contributed by atoms with Crippen LogP contribution in [0.2, 0.25) is 0 Å². The Morgan fingerprint density at radius 2 is 2.12 bits per heavy atom. The Bertz CT molecular complexity index is 661. The van der Waals surface area contributed by atoms with Gasteiger partial charge in [-0.1, -0.05) is 17.8 Å². The lowest BCUT2D eigenvalue weighted by Crippen LogP contribution is -2.37. The minimum atomic E-state index is -0.274. The van der Waals surface area contributed by atoms with Crippen LogP contribution in [0.1, 0.15) is 6.42 Å². The Kier molecular flexibility index (Phi) is 6.06. The van der Waals surface area contributed by atoms with E-state index in [0.717, 1.165) is 42.1 Å². The highest BCUT2D eigenvalue weighted by Gasteiger charge is 2.21. The molecule has 6 nitrogen and oxygen atoms in total. The summed E-state index contributed by atoms with van der Waals surface area (Å²) in [4.78, 5) is 2.13. The molecule has 130 valence electrons. The van der Waals surface area contributed by atoms with Crippen LogP contribution in [0.5, 0.6) is 0 Å². The number of methoxy groups -OCH3 is 1. The molecular weight excluding hydrogens is 331 g/mol. The van der Waals surface area contributed by atoms with E-state index in [1.54, 1.807) is 24.9 Å². The van der Waals surface area contributed by atoms with Gasteiger partial charge in [0, 0.05) is 32.6 Å². The molecule has 0 N–H and O–H groups in total. The molecular formula is C16H21FN4O2S. The van der Waals surface area contributed by atoms with E-state index in [-0.39, 0.29) is 5.82 Å². The number of thioether (sulfide) groups is 1. The van der Waals surface area contributed by atoms with Crippen LogP contribution < -0.4 is 4.90 Å². The van der Waals surface area contributed by atoms with Crippen molar-refractivity contribution in [3.05, 3.63) is 30.1 Å². The first-order valence-electron chi connectivity index (χ1n) is 7.95. The molecule has 1 aromatic heterocycles. The normalized spacial score (nSPS) is 15.0. The zero-order valence-corrected chi connectivity index (χ0v) is 14.5. The fourth-order valence-electron chi connectivity index (χ4n) is 2.53. The lowest BCUT2D eigenvalue weighted by molar-refractivity contribution is 0.122. The zero-order valence-electron chi connectivity index (χ0n) is 13.7. The third-order valence-electron chi connectivity index (χ3n) is 3.70. The molecule has 0 amide bonds. The first-order valence-corrected chi connectivity index (χ1v) is 8.94. The summed E-state index contributed by atoms with van der Waals surface area (Å²) >= 11 is 1.60. The first kappa shape index (κ1) is 17.2. The molecule has 1 aromatic carbocycles. The van der Waals surface area contributed by atoms with Crippen LogP contribution in [-0.4, -0.2) is 60.5 Å². The van der Waals surface area contributed by atoms with Crippen LogP contribution in [0.3, 0.4) is 0 Å². The summed E-state index contributed by atoms with van der Waals surface area (Å²) in [6, 6.07) is 6.52. The van der Waals surface area contributed by atoms with Crippen molar-refractivity contribution in [1.29, 1.82) is 0 Å². The molecule has 1 aliphatic heterocycles. The summed E-state index contributed by atoms with van der Waals surface area (Å²) in [5, 5.41) is 9.44. The van der Waals surface area contributed by atoms with E-state index >= 15 is 0 Å². The van der Waals surface area contributed by atoms with Gasteiger partial charge in [0.05, 0.1) is 18.9 Å². The number of ether oxygens (including phenoxy) is 2. The van der Waals surface area contributed by atoms with Crippen molar-refractivity contribution in [3.8, 4) is 5.69 Å². The van der Waals surface area contributed by atoms with Crippen LogP contribution in [0.4, 0.5) is 10.3 Å². The lowest BCUT2D eigenvalue weighted by Gasteiger charge is -2.27. The van der Waals surface area contributed by atoms with Crippen molar-refractivity contribution < 1.29 is 13.9 Å². The highest BCUT2D eigenvalue weighted by molar-refractivity contribution is 7.99. The van der Waals surface area contributed by atoms with Crippen LogP contribution in [0.25, 0.3) is 5.69 Å². The van der Waals surface area contributed by atoms with Gasteiger partial charge in [0.1, 0.15) is 5.82 Å². The van der Waals surface area contributed by atoms with E-state index < -0.39 is 0 Å². The van der Waals surface area contributed by atoms with Crippen LogP contribution in [0, 0.1) is 5.82 Å². The van der Waals surface area contributed by atoms with Crippen molar-refractivity contribution in [3.63, 3.8) is 0 Å². The SMILES string of the molecule is COCCCSc1nnc(N2CCOCC2)n1-c1cccc(F)c1. The number of hydrogen-bond acceptors (Lipinski definition) is 6. The van der Waals surface area contributed by atoms with Gasteiger partial charge >= 0.3 is 0 Å². The van der Waals surface area contributed by atoms with Gasteiger partial charge in [-0.3, -0.25) is 4.57 Å². The van der Waals surface area contributed by atoms with Crippen molar-refractivity contribution in [2.24, 2.45) is 0 Å². The van der Waals surface area contributed by atoms with Gasteiger partial charge < -0.3 is 14.4 Å². The van der Waals surface area contributed by atoms with E-state index in [0.29, 0.717) is 19.8 Å². The fraction of sp³-hybridized carbons (Fsp3) is 0.500. The summed E-state index contributed by atoms with van der Waals surface area (Å²) in [5.41, 5.74) is 0.732. The summed E-state index contributed by atoms with van der Waals surface area (Å²) < 4.78 is 26.1. The minimum Gasteiger partial charge on any atom is -0.385 e. The van der Waals surface area contributed by atoms with Gasteiger partial charge in [0.15, 0.2) is 5.16 Å². The standard InChI is InChI=1S/C16H21FN4O2S/c1-22-8-3-11-24-16-19-18-15(20-6-9-23-10-7-20)21(16)14-5-2-4-13(17)12-14/h2,4-5,12H,3,6-11H2,1H3. The van der Waals surface area contributed by atoms with Gasteiger partial charge in [0.25, 0.3) is 0 Å². The largest absolute Gasteiger partial charge is 0.385 e. The number of morpholine rings is 1. The Morgan fingerprint density at radius 3 is 2.88 bits per heavy atom. The molecule has 0 unspecified atom stereocenters. The number of halogens is 1. The van der Waals surface area contributed by atoms with Crippen LogP contribution >= 0.6 is 11.8 Å². The van der Waals surface area contributed by atoms with Crippen molar-refractivity contribution >= 4 is 17.7 Å². The molecule has 1 aliphatic rings. The molecule has 2 heterocycles. The lowest BCUT2D eigenvalue weighted by atomic mass is 10.3. The number of rotatable bonds is 7. The average Bonchev–Trinajstić information content (AvgIpc) is 3.03. The molecule has 2 aromatic rings. The average molecular weight is 352 g/mol. The predicted molar refractivity (Wildman–Crippen MR) is 91.6 cm³/mol. The maximum Gasteiger partial charge on any atom is 0.232 e. The van der Waals surface area contributed by atoms with Gasteiger partial charge in [-0.25, -0.2) is 4.39 Å². The molecule has 24 heavy (non-hydrogen) atoms. The van der Waals surface area contributed by atoms with Crippen molar-refractivity contribution in [1.82, 2.24) is 14.8 Å². The highest BCUT2D eigenvalue weighted by Crippen LogP contribution is 2.27. The van der Waals surface area contributed by atoms with E-state index in [2.05, 4.69) is 15.1 Å². The van der Waals surface area contributed by atoms with Gasteiger partial charge in [0.2, 0.25) is 5.95 Å². The van der Waals surface area contributed by atoms with Crippen LogP contribution in [0.15, 0.2) is 29.4 Å². The molecule has 1 fully saturated rings. The topological polar surface area (TPSA) is 52.4 Å². The Hall–Kier alpha value is -1.64. The van der Waals surface area contributed by atoms with Crippen molar-refractivity contribution in [2.75, 3.05) is 50.7 Å². The van der Waals surface area contributed by atoms with Crippen LogP contribution in [-0.2, 0) is 9.47 Å². The quantitative estimate of drug-likeness (QED) is 0.563. The number of aromatic nitrogens is 3. The van der Waals surface area contributed by atoms with Crippen molar-refractivity contribution in [2.45, 2.75) is 11.6 Å². The summed E-state index contributed by atoms with van der Waals surface area (Å²) in [5.74, 6) is 1.33. The first-order chi connectivity index (χ1) is 11.8. The zero-order chi connectivity index (χ0) is 16.8. The summed E-state index contributed by atoms with van der Waals surface area (Å²) in [6.45, 7) is 3.53. The molecule has 0 bridgehead atoms. The smallest absolute Gasteiger partial charge is 0.232 e. The number of nitrogens with zero attached hydrogens (tertiary/aromatic N) is 4. The molecule has 0 saturated carbocycles. The molecule has 0 atom stereocenters. The van der Waals surface area contributed by atoms with Gasteiger partial charge in [-0.2, -0.15) is 0 Å². The Morgan fingerprint density at radius 1 is 1.29 bits per heavy atom. The molecule has 1 saturated heterocycles. The minimum absolute atomic E-state index is 0.274. The second-order valence-electron chi connectivity index (χ2n) is 5.39. The predicted octanol–water partition coefficient (Wildman–Crippen LogP) is 2.37. The highest BCUT2D eigenvalue weighted by atomic mass is 32.2. The Balaban J connectivity index is 1.89. The molecule has 0 aliphatic carbocycles. The van der Waals surface area contributed by atoms with Gasteiger partial charge in [-0.15, -0.1) is 10.2 Å². The maximum absolute atomic E-state index is 13.7. The molecule has 8 heteroatoms. The number of anilines is 1. The van der Waals surface area contributed by atoms with E-state index in [9.17, 15) is 4.39 Å². The van der Waals surface area contributed by atoms with E-state index in [4.69, 9.17) is 9.47 Å². The molecule has 3 rings (SSSR count). The third kappa shape index (κ3) is 4.06. The van der Waals surface area contributed by atoms with E-state index in [1.165, 1.54) is 12.1 Å². The molecule has 0 radical (unpaired) electrons. The third-order valence-corrected chi connectivity index (χ3v) is 4.72.